The molecule has 28 heavy (non-hydrogen) atoms. The van der Waals surface area contributed by atoms with Crippen LogP contribution in [0, 0.1) is 0 Å². The van der Waals surface area contributed by atoms with E-state index in [0.717, 1.165) is 11.1 Å². The normalized spacial score (nSPS) is 10.6. The Morgan fingerprint density at radius 2 is 1.79 bits per heavy atom. The summed E-state index contributed by atoms with van der Waals surface area (Å²) in [5.74, 6) is 0.206. The van der Waals surface area contributed by atoms with Crippen LogP contribution < -0.4 is 14.9 Å². The number of anilines is 1. The van der Waals surface area contributed by atoms with Crippen molar-refractivity contribution in [1.82, 2.24) is 0 Å². The molecule has 0 aliphatic carbocycles. The topological polar surface area (TPSA) is 80.2 Å². The highest BCUT2D eigenvalue weighted by Crippen LogP contribution is 2.28. The van der Waals surface area contributed by atoms with Crippen LogP contribution in [-0.4, -0.2) is 24.4 Å². The largest absolute Gasteiger partial charge is 0.493 e. The summed E-state index contributed by atoms with van der Waals surface area (Å²) in [7, 11) is 1.59. The molecule has 0 saturated heterocycles. The monoisotopic (exact) mass is 376 g/mol. The van der Waals surface area contributed by atoms with Gasteiger partial charge in [-0.15, -0.1) is 0 Å². The van der Waals surface area contributed by atoms with E-state index >= 15 is 0 Å². The zero-order chi connectivity index (χ0) is 19.8. The second-order valence-corrected chi connectivity index (χ2v) is 5.91. The number of ether oxygens (including phenoxy) is 2. The molecule has 0 unspecified atom stereocenters. The van der Waals surface area contributed by atoms with Gasteiger partial charge in [-0.1, -0.05) is 42.5 Å². The quantitative estimate of drug-likeness (QED) is 0.449. The van der Waals surface area contributed by atoms with Crippen molar-refractivity contribution in [3.05, 3.63) is 89.5 Å². The third-order valence-corrected chi connectivity index (χ3v) is 3.98. The van der Waals surface area contributed by atoms with Crippen LogP contribution in [0.4, 0.5) is 5.69 Å². The van der Waals surface area contributed by atoms with Gasteiger partial charge in [0.2, 0.25) is 0 Å². The molecule has 0 radical (unpaired) electrons. The summed E-state index contributed by atoms with van der Waals surface area (Å²) in [4.78, 5) is 11.2. The van der Waals surface area contributed by atoms with Crippen LogP contribution in [0.5, 0.6) is 11.5 Å². The van der Waals surface area contributed by atoms with Crippen molar-refractivity contribution < 1.29 is 19.4 Å². The van der Waals surface area contributed by atoms with Crippen molar-refractivity contribution in [3.63, 3.8) is 0 Å². The highest BCUT2D eigenvalue weighted by atomic mass is 16.5. The Bertz CT molecular complexity index is 971. The first kappa shape index (κ1) is 19.0. The highest BCUT2D eigenvalue weighted by Gasteiger charge is 2.08. The number of carbonyl (C=O) groups is 1. The predicted octanol–water partition coefficient (Wildman–Crippen LogP) is 4.42. The fraction of sp³-hybridized carbons (Fsp3) is 0.0909. The van der Waals surface area contributed by atoms with Gasteiger partial charge >= 0.3 is 5.97 Å². The lowest BCUT2D eigenvalue weighted by atomic mass is 10.2. The highest BCUT2D eigenvalue weighted by molar-refractivity contribution is 5.94. The van der Waals surface area contributed by atoms with Gasteiger partial charge in [0.1, 0.15) is 6.61 Å². The molecule has 0 fully saturated rings. The van der Waals surface area contributed by atoms with Crippen LogP contribution in [-0.2, 0) is 6.61 Å². The second kappa shape index (κ2) is 9.23. The Morgan fingerprint density at radius 1 is 1.04 bits per heavy atom. The molecule has 3 aromatic carbocycles. The summed E-state index contributed by atoms with van der Waals surface area (Å²) < 4.78 is 11.2. The smallest absolute Gasteiger partial charge is 0.337 e. The van der Waals surface area contributed by atoms with Crippen molar-refractivity contribution >= 4 is 17.9 Å². The first-order valence-electron chi connectivity index (χ1n) is 8.63. The molecule has 0 atom stereocenters. The number of hydrogen-bond acceptors (Lipinski definition) is 5. The number of nitrogens with zero attached hydrogens (tertiary/aromatic N) is 1. The lowest BCUT2D eigenvalue weighted by Crippen LogP contribution is -2.02. The van der Waals surface area contributed by atoms with E-state index in [-0.39, 0.29) is 5.56 Å². The third-order valence-electron chi connectivity index (χ3n) is 3.98. The molecule has 0 aromatic heterocycles. The van der Waals surface area contributed by atoms with E-state index in [1.54, 1.807) is 37.6 Å². The average Bonchev–Trinajstić information content (AvgIpc) is 2.73. The number of carboxylic acids is 1. The van der Waals surface area contributed by atoms with Crippen molar-refractivity contribution in [3.8, 4) is 11.5 Å². The zero-order valence-electron chi connectivity index (χ0n) is 15.3. The Labute approximate surface area is 163 Å². The fourth-order valence-corrected chi connectivity index (χ4v) is 2.57. The van der Waals surface area contributed by atoms with Crippen molar-refractivity contribution in [1.29, 1.82) is 0 Å². The van der Waals surface area contributed by atoms with E-state index in [1.807, 2.05) is 42.5 Å². The number of hydrogen-bond donors (Lipinski definition) is 2. The number of rotatable bonds is 8. The van der Waals surface area contributed by atoms with Crippen molar-refractivity contribution in [2.45, 2.75) is 6.61 Å². The maximum absolute atomic E-state index is 11.2. The number of carboxylic acid groups (broad SMARTS) is 1. The molecule has 2 N–H and O–H groups in total. The molecule has 0 heterocycles. The molecule has 142 valence electrons. The van der Waals surface area contributed by atoms with Crippen LogP contribution in [0.1, 0.15) is 21.5 Å². The first-order chi connectivity index (χ1) is 13.7. The Hall–Kier alpha value is -3.80. The van der Waals surface area contributed by atoms with E-state index in [0.29, 0.717) is 23.8 Å². The van der Waals surface area contributed by atoms with E-state index in [9.17, 15) is 9.90 Å². The zero-order valence-corrected chi connectivity index (χ0v) is 15.3. The summed E-state index contributed by atoms with van der Waals surface area (Å²) in [5.41, 5.74) is 5.17. The molecule has 6 nitrogen and oxygen atoms in total. The lowest BCUT2D eigenvalue weighted by molar-refractivity contribution is 0.0698. The SMILES string of the molecule is COc1ccc(/C=N/Nc2ccccc2C(=O)O)cc1OCc1ccccc1. The van der Waals surface area contributed by atoms with E-state index in [2.05, 4.69) is 10.5 Å². The minimum atomic E-state index is -1.01. The molecule has 0 saturated carbocycles. The van der Waals surface area contributed by atoms with Crippen LogP contribution in [0.3, 0.4) is 0 Å². The number of methoxy groups -OCH3 is 1. The minimum Gasteiger partial charge on any atom is -0.493 e. The van der Waals surface area contributed by atoms with Crippen LogP contribution >= 0.6 is 0 Å². The van der Waals surface area contributed by atoms with Crippen LogP contribution in [0.15, 0.2) is 77.9 Å². The van der Waals surface area contributed by atoms with Gasteiger partial charge in [-0.25, -0.2) is 4.79 Å². The van der Waals surface area contributed by atoms with E-state index < -0.39 is 5.97 Å². The van der Waals surface area contributed by atoms with Crippen LogP contribution in [0.25, 0.3) is 0 Å². The number of nitrogens with one attached hydrogen (secondary N) is 1. The molecule has 0 amide bonds. The van der Waals surface area contributed by atoms with Crippen molar-refractivity contribution in [2.24, 2.45) is 5.10 Å². The third kappa shape index (κ3) is 4.88. The summed E-state index contributed by atoms with van der Waals surface area (Å²) in [6, 6.07) is 21.9. The van der Waals surface area contributed by atoms with Gasteiger partial charge < -0.3 is 14.6 Å². The summed E-state index contributed by atoms with van der Waals surface area (Å²) in [6.07, 6.45) is 1.59. The fourth-order valence-electron chi connectivity index (χ4n) is 2.57. The molecule has 0 spiro atoms. The lowest BCUT2D eigenvalue weighted by Gasteiger charge is -2.11. The predicted molar refractivity (Wildman–Crippen MR) is 108 cm³/mol. The minimum absolute atomic E-state index is 0.154. The number of benzene rings is 3. The number of para-hydroxylation sites is 1. The molecule has 6 heteroatoms. The Kier molecular flexibility index (Phi) is 6.25. The molecule has 0 aliphatic heterocycles. The average molecular weight is 376 g/mol. The molecule has 0 aliphatic rings. The van der Waals surface area contributed by atoms with Crippen molar-refractivity contribution in [2.75, 3.05) is 12.5 Å². The van der Waals surface area contributed by atoms with Gasteiger partial charge in [0.05, 0.1) is 24.6 Å². The second-order valence-electron chi connectivity index (χ2n) is 5.91. The van der Waals surface area contributed by atoms with Gasteiger partial charge in [0.25, 0.3) is 0 Å². The van der Waals surface area contributed by atoms with E-state index in [4.69, 9.17) is 9.47 Å². The van der Waals surface area contributed by atoms with Gasteiger partial charge in [-0.3, -0.25) is 5.43 Å². The molecular formula is C22H20N2O4. The maximum atomic E-state index is 11.2. The standard InChI is InChI=1S/C22H20N2O4/c1-27-20-12-11-17(13-21(20)28-15-16-7-3-2-4-8-16)14-23-24-19-10-6-5-9-18(19)22(25)26/h2-14,24H,15H2,1H3,(H,25,26)/b23-14+. The maximum Gasteiger partial charge on any atom is 0.337 e. The van der Waals surface area contributed by atoms with Gasteiger partial charge in [-0.05, 0) is 41.5 Å². The Balaban J connectivity index is 1.72. The van der Waals surface area contributed by atoms with Gasteiger partial charge in [0, 0.05) is 0 Å². The number of aromatic carboxylic acids is 1. The summed E-state index contributed by atoms with van der Waals surface area (Å²) in [5, 5.41) is 13.3. The summed E-state index contributed by atoms with van der Waals surface area (Å²) >= 11 is 0. The van der Waals surface area contributed by atoms with Crippen LogP contribution in [0.2, 0.25) is 0 Å². The molecular weight excluding hydrogens is 356 g/mol. The van der Waals surface area contributed by atoms with Gasteiger partial charge in [0.15, 0.2) is 11.5 Å². The van der Waals surface area contributed by atoms with Gasteiger partial charge in [-0.2, -0.15) is 5.10 Å². The summed E-state index contributed by atoms with van der Waals surface area (Å²) in [6.45, 7) is 0.419. The molecule has 0 bridgehead atoms. The van der Waals surface area contributed by atoms with E-state index in [1.165, 1.54) is 6.07 Å². The first-order valence-corrected chi connectivity index (χ1v) is 8.63. The molecule has 3 rings (SSSR count). The molecule has 3 aromatic rings. The Morgan fingerprint density at radius 3 is 2.54 bits per heavy atom. The number of hydrazone groups is 1.